The molecule has 2 N–H and O–H groups in total. The fraction of sp³-hybridized carbons (Fsp3) is 0.200. The maximum atomic E-state index is 12.4. The molecule has 1 unspecified atom stereocenters. The Hall–Kier alpha value is -4.12. The van der Waals surface area contributed by atoms with Crippen LogP contribution in [0.5, 0.6) is 0 Å². The molecule has 1 fully saturated rings. The Morgan fingerprint density at radius 2 is 2.00 bits per heavy atom. The average Bonchev–Trinajstić information content (AvgIpc) is 3.24. The van der Waals surface area contributed by atoms with Gasteiger partial charge in [0.05, 0.1) is 8.89 Å². The number of hydrogen-bond acceptors (Lipinski definition) is 8. The molecule has 0 aliphatic heterocycles. The van der Waals surface area contributed by atoms with Crippen LogP contribution in [0.3, 0.4) is 0 Å². The number of anilines is 1. The van der Waals surface area contributed by atoms with Crippen molar-refractivity contribution in [2.24, 2.45) is 0 Å². The van der Waals surface area contributed by atoms with Crippen LogP contribution in [0, 0.1) is 23.2 Å². The highest BCUT2D eigenvalue weighted by Crippen LogP contribution is 2.52. The van der Waals surface area contributed by atoms with Crippen LogP contribution in [0.1, 0.15) is 52.6 Å². The SMILES string of the molecule is CC(OC(=O)Nc1c(C#Cc2cc3cc(C4(C(=O)O)CC4)sc3s2)noc1C#N)c1ccccc1. The van der Waals surface area contributed by atoms with E-state index in [0.29, 0.717) is 12.8 Å². The molecule has 1 aliphatic carbocycles. The Labute approximate surface area is 207 Å². The molecule has 0 radical (unpaired) electrons. The molecule has 1 atom stereocenters. The number of nitrogens with one attached hydrogen (secondary N) is 1. The summed E-state index contributed by atoms with van der Waals surface area (Å²) in [5.74, 6) is 4.87. The highest BCUT2D eigenvalue weighted by molar-refractivity contribution is 7.38. The number of nitrogens with zero attached hydrogens (tertiary/aromatic N) is 2. The second-order valence-corrected chi connectivity index (χ2v) is 10.4. The molecule has 3 aromatic heterocycles. The number of amides is 1. The van der Waals surface area contributed by atoms with Crippen LogP contribution in [-0.2, 0) is 14.9 Å². The number of aliphatic carboxylic acids is 1. The summed E-state index contributed by atoms with van der Waals surface area (Å²) < 4.78 is 11.4. The molecule has 5 rings (SSSR count). The zero-order chi connectivity index (χ0) is 24.6. The zero-order valence-electron chi connectivity index (χ0n) is 18.3. The summed E-state index contributed by atoms with van der Waals surface area (Å²) in [4.78, 5) is 25.6. The first-order valence-corrected chi connectivity index (χ1v) is 12.2. The molecule has 0 saturated heterocycles. The highest BCUT2D eigenvalue weighted by Gasteiger charge is 2.53. The lowest BCUT2D eigenvalue weighted by Crippen LogP contribution is -2.17. The smallest absolute Gasteiger partial charge is 0.412 e. The van der Waals surface area contributed by atoms with Crippen LogP contribution in [0.25, 0.3) is 9.40 Å². The van der Waals surface area contributed by atoms with Crippen molar-refractivity contribution in [2.75, 3.05) is 5.32 Å². The number of thiophene rings is 2. The minimum absolute atomic E-state index is 0.0445. The van der Waals surface area contributed by atoms with Gasteiger partial charge in [0.1, 0.15) is 23.3 Å². The van der Waals surface area contributed by atoms with E-state index < -0.39 is 23.6 Å². The summed E-state index contributed by atoms with van der Waals surface area (Å²) in [6, 6.07) is 14.9. The van der Waals surface area contributed by atoms with Crippen molar-refractivity contribution >= 4 is 49.8 Å². The molecule has 174 valence electrons. The Morgan fingerprint density at radius 3 is 2.66 bits per heavy atom. The molecule has 10 heteroatoms. The molecule has 8 nitrogen and oxygen atoms in total. The van der Waals surface area contributed by atoms with Gasteiger partial charge < -0.3 is 14.4 Å². The lowest BCUT2D eigenvalue weighted by atomic mass is 10.1. The number of ether oxygens (including phenoxy) is 1. The van der Waals surface area contributed by atoms with Gasteiger partial charge in [-0.15, -0.1) is 22.7 Å². The van der Waals surface area contributed by atoms with E-state index >= 15 is 0 Å². The molecular weight excluding hydrogens is 486 g/mol. The number of benzene rings is 1. The Morgan fingerprint density at radius 1 is 1.23 bits per heavy atom. The summed E-state index contributed by atoms with van der Waals surface area (Å²) in [6.07, 6.45) is 0.0634. The van der Waals surface area contributed by atoms with Crippen molar-refractivity contribution in [1.82, 2.24) is 5.16 Å². The number of fused-ring (bicyclic) bond motifs is 1. The number of hydrogen-bond donors (Lipinski definition) is 2. The van der Waals surface area contributed by atoms with Gasteiger partial charge in [0.2, 0.25) is 0 Å². The first kappa shape index (κ1) is 22.7. The van der Waals surface area contributed by atoms with Gasteiger partial charge in [-0.3, -0.25) is 10.1 Å². The second-order valence-electron chi connectivity index (χ2n) is 8.03. The van der Waals surface area contributed by atoms with Crippen molar-refractivity contribution in [3.05, 3.63) is 69.2 Å². The average molecular weight is 504 g/mol. The van der Waals surface area contributed by atoms with E-state index in [1.165, 1.54) is 22.7 Å². The lowest BCUT2D eigenvalue weighted by Gasteiger charge is -2.13. The number of carboxylic acids is 1. The predicted molar refractivity (Wildman–Crippen MR) is 130 cm³/mol. The summed E-state index contributed by atoms with van der Waals surface area (Å²) in [6.45, 7) is 1.74. The highest BCUT2D eigenvalue weighted by atomic mass is 32.2. The van der Waals surface area contributed by atoms with Crippen molar-refractivity contribution in [3.8, 4) is 17.9 Å². The normalized spacial score (nSPS) is 14.4. The standard InChI is InChI=1S/C25H17N3O5S2/c1-14(15-5-3-2-4-6-15)32-24(31)27-21-18(28-33-19(21)13-26)8-7-17-11-16-12-20(35-22(16)34-17)25(9-10-25)23(29)30/h2-6,11-12,14H,9-10H2,1H3,(H,27,31)(H,29,30). The maximum Gasteiger partial charge on any atom is 0.412 e. The number of carbonyl (C=O) groups excluding carboxylic acids is 1. The van der Waals surface area contributed by atoms with E-state index in [1.807, 2.05) is 48.5 Å². The van der Waals surface area contributed by atoms with E-state index in [2.05, 4.69) is 22.3 Å². The van der Waals surface area contributed by atoms with Crippen molar-refractivity contribution in [1.29, 1.82) is 5.26 Å². The predicted octanol–water partition coefficient (Wildman–Crippen LogP) is 5.65. The van der Waals surface area contributed by atoms with Crippen LogP contribution in [0.2, 0.25) is 0 Å². The van der Waals surface area contributed by atoms with Gasteiger partial charge in [-0.2, -0.15) is 5.26 Å². The first-order valence-electron chi connectivity index (χ1n) is 10.6. The van der Waals surface area contributed by atoms with E-state index in [9.17, 15) is 20.0 Å². The summed E-state index contributed by atoms with van der Waals surface area (Å²) in [5.41, 5.74) is 0.246. The Bertz CT molecular complexity index is 1510. The molecule has 1 amide bonds. The van der Waals surface area contributed by atoms with E-state index in [1.54, 1.807) is 6.92 Å². The number of aromatic nitrogens is 1. The molecule has 4 aromatic rings. The van der Waals surface area contributed by atoms with Gasteiger partial charge in [0.25, 0.3) is 5.76 Å². The van der Waals surface area contributed by atoms with Gasteiger partial charge in [0, 0.05) is 10.3 Å². The van der Waals surface area contributed by atoms with Crippen LogP contribution in [0.15, 0.2) is 47.0 Å². The van der Waals surface area contributed by atoms with Crippen molar-refractivity contribution < 1.29 is 24.0 Å². The van der Waals surface area contributed by atoms with Crippen LogP contribution < -0.4 is 5.32 Å². The maximum absolute atomic E-state index is 12.4. The van der Waals surface area contributed by atoms with Crippen molar-refractivity contribution in [2.45, 2.75) is 31.3 Å². The Balaban J connectivity index is 1.33. The van der Waals surface area contributed by atoms with E-state index in [4.69, 9.17) is 9.26 Å². The quantitative estimate of drug-likeness (QED) is 0.337. The number of nitriles is 1. The second kappa shape index (κ2) is 8.91. The summed E-state index contributed by atoms with van der Waals surface area (Å²) in [5, 5.41) is 26.1. The van der Waals surface area contributed by atoms with Crippen LogP contribution >= 0.6 is 22.7 Å². The monoisotopic (exact) mass is 503 g/mol. The third kappa shape index (κ3) is 4.37. The molecule has 0 bridgehead atoms. The third-order valence-electron chi connectivity index (χ3n) is 5.72. The van der Waals surface area contributed by atoms with Gasteiger partial charge in [-0.25, -0.2) is 4.79 Å². The lowest BCUT2D eigenvalue weighted by molar-refractivity contribution is -0.139. The molecule has 1 aliphatic rings. The molecule has 35 heavy (non-hydrogen) atoms. The van der Waals surface area contributed by atoms with Crippen LogP contribution in [0.4, 0.5) is 10.5 Å². The number of rotatable bonds is 5. The molecule has 0 spiro atoms. The fourth-order valence-corrected chi connectivity index (χ4v) is 6.14. The largest absolute Gasteiger partial charge is 0.481 e. The van der Waals surface area contributed by atoms with Gasteiger partial charge in [0.15, 0.2) is 5.69 Å². The third-order valence-corrected chi connectivity index (χ3v) is 8.23. The van der Waals surface area contributed by atoms with Crippen molar-refractivity contribution in [3.63, 3.8) is 0 Å². The molecule has 1 aromatic carbocycles. The van der Waals surface area contributed by atoms with E-state index in [-0.39, 0.29) is 17.1 Å². The minimum Gasteiger partial charge on any atom is -0.481 e. The molecular formula is C25H17N3O5S2. The molecule has 1 saturated carbocycles. The van der Waals surface area contributed by atoms with Gasteiger partial charge in [-0.1, -0.05) is 35.5 Å². The summed E-state index contributed by atoms with van der Waals surface area (Å²) in [7, 11) is 0. The van der Waals surface area contributed by atoms with E-state index in [0.717, 1.165) is 24.7 Å². The molecule has 3 heterocycles. The zero-order valence-corrected chi connectivity index (χ0v) is 20.0. The first-order chi connectivity index (χ1) is 16.9. The topological polar surface area (TPSA) is 125 Å². The Kier molecular flexibility index (Phi) is 5.77. The van der Waals surface area contributed by atoms with Gasteiger partial charge >= 0.3 is 12.1 Å². The fourth-order valence-electron chi connectivity index (χ4n) is 3.60. The number of carboxylic acid groups (broad SMARTS) is 1. The summed E-state index contributed by atoms with van der Waals surface area (Å²) >= 11 is 2.93. The minimum atomic E-state index is -0.775. The number of carbonyl (C=O) groups is 2. The van der Waals surface area contributed by atoms with Crippen LogP contribution in [-0.4, -0.2) is 22.3 Å². The van der Waals surface area contributed by atoms with Gasteiger partial charge in [-0.05, 0) is 49.3 Å².